The van der Waals surface area contributed by atoms with Gasteiger partial charge in [-0.15, -0.1) is 0 Å². The first-order valence-corrected chi connectivity index (χ1v) is 8.91. The van der Waals surface area contributed by atoms with Crippen LogP contribution in [0.15, 0.2) is 42.5 Å². The number of esters is 1. The molecule has 0 aliphatic heterocycles. The van der Waals surface area contributed by atoms with Gasteiger partial charge in [0.2, 0.25) is 0 Å². The zero-order valence-electron chi connectivity index (χ0n) is 16.2. The fraction of sp³-hybridized carbons (Fsp3) is 0.333. The first-order valence-electron chi connectivity index (χ1n) is 8.53. The third-order valence-electron chi connectivity index (χ3n) is 3.53. The minimum atomic E-state index is -0.579. The van der Waals surface area contributed by atoms with Gasteiger partial charge in [0, 0.05) is 30.2 Å². The van der Waals surface area contributed by atoms with Crippen LogP contribution >= 0.6 is 11.6 Å². The number of halogens is 1. The number of carbonyl (C=O) groups excluding carboxylic acids is 2. The normalized spacial score (nSPS) is 11.0. The molecule has 0 heterocycles. The summed E-state index contributed by atoms with van der Waals surface area (Å²) in [5.41, 5.74) is 1.43. The van der Waals surface area contributed by atoms with Crippen molar-refractivity contribution in [3.05, 3.63) is 53.1 Å². The predicted octanol–water partition coefficient (Wildman–Crippen LogP) is 4.43. The second-order valence-electron chi connectivity index (χ2n) is 7.30. The third kappa shape index (κ3) is 6.00. The van der Waals surface area contributed by atoms with Crippen molar-refractivity contribution in [2.45, 2.75) is 26.4 Å². The van der Waals surface area contributed by atoms with Crippen molar-refractivity contribution in [1.29, 1.82) is 0 Å². The maximum absolute atomic E-state index is 12.2. The van der Waals surface area contributed by atoms with Gasteiger partial charge < -0.3 is 14.4 Å². The maximum Gasteiger partial charge on any atom is 0.344 e. The van der Waals surface area contributed by atoms with Crippen LogP contribution in [0.3, 0.4) is 0 Å². The molecule has 0 fully saturated rings. The molecule has 0 unspecified atom stereocenters. The Morgan fingerprint density at radius 2 is 1.78 bits per heavy atom. The Bertz CT molecular complexity index is 840. The number of hydrogen-bond donors (Lipinski definition) is 0. The molecule has 0 bridgehead atoms. The minimum absolute atomic E-state index is 0.102. The summed E-state index contributed by atoms with van der Waals surface area (Å²) in [5.74, 6) is -0.0743. The molecule has 2 rings (SSSR count). The molecular weight excluding hydrogens is 366 g/mol. The smallest absolute Gasteiger partial charge is 0.344 e. The van der Waals surface area contributed by atoms with E-state index in [9.17, 15) is 9.59 Å². The van der Waals surface area contributed by atoms with Gasteiger partial charge in [0.05, 0.1) is 0 Å². The summed E-state index contributed by atoms with van der Waals surface area (Å²) < 4.78 is 10.9. The monoisotopic (exact) mass is 389 g/mol. The molecule has 0 radical (unpaired) electrons. The van der Waals surface area contributed by atoms with Gasteiger partial charge in [0.25, 0.3) is 5.91 Å². The van der Waals surface area contributed by atoms with E-state index in [1.54, 1.807) is 71.3 Å². The Balaban J connectivity index is 2.30. The van der Waals surface area contributed by atoms with Gasteiger partial charge in [-0.1, -0.05) is 23.7 Å². The van der Waals surface area contributed by atoms with E-state index in [0.717, 1.165) is 5.56 Å². The van der Waals surface area contributed by atoms with Crippen molar-refractivity contribution < 1.29 is 19.1 Å². The van der Waals surface area contributed by atoms with Crippen LogP contribution < -0.4 is 4.74 Å². The highest BCUT2D eigenvalue weighted by molar-refractivity contribution is 6.31. The van der Waals surface area contributed by atoms with Crippen LogP contribution in [0, 0.1) is 0 Å². The van der Waals surface area contributed by atoms with Gasteiger partial charge in [0.1, 0.15) is 11.4 Å². The van der Waals surface area contributed by atoms with Crippen LogP contribution in [0.5, 0.6) is 5.75 Å². The molecule has 2 aromatic carbocycles. The molecule has 0 N–H and O–H groups in total. The first kappa shape index (κ1) is 20.8. The van der Waals surface area contributed by atoms with Crippen molar-refractivity contribution in [3.8, 4) is 16.9 Å². The van der Waals surface area contributed by atoms with E-state index in [-0.39, 0.29) is 12.5 Å². The zero-order chi connectivity index (χ0) is 20.2. The van der Waals surface area contributed by atoms with Crippen LogP contribution in [0.25, 0.3) is 11.1 Å². The Kier molecular flexibility index (Phi) is 6.50. The number of benzene rings is 2. The first-order chi connectivity index (χ1) is 12.6. The quantitative estimate of drug-likeness (QED) is 0.710. The van der Waals surface area contributed by atoms with Crippen LogP contribution in [0.1, 0.15) is 31.1 Å². The topological polar surface area (TPSA) is 55.8 Å². The molecule has 0 saturated carbocycles. The summed E-state index contributed by atoms with van der Waals surface area (Å²) in [5, 5.41) is 0.527. The van der Waals surface area contributed by atoms with Gasteiger partial charge in [0.15, 0.2) is 6.61 Å². The van der Waals surface area contributed by atoms with E-state index in [1.165, 1.54) is 4.90 Å². The molecule has 6 heteroatoms. The number of hydrogen-bond acceptors (Lipinski definition) is 4. The lowest BCUT2D eigenvalue weighted by Gasteiger charge is -2.20. The fourth-order valence-electron chi connectivity index (χ4n) is 2.44. The highest BCUT2D eigenvalue weighted by Gasteiger charge is 2.18. The van der Waals surface area contributed by atoms with Crippen molar-refractivity contribution >= 4 is 23.5 Å². The van der Waals surface area contributed by atoms with Crippen LogP contribution in [0.2, 0.25) is 5.02 Å². The molecule has 0 aromatic heterocycles. The van der Waals surface area contributed by atoms with Crippen LogP contribution in [-0.2, 0) is 9.53 Å². The summed E-state index contributed by atoms with van der Waals surface area (Å²) in [6, 6.07) is 12.3. The number of nitrogens with zero attached hydrogens (tertiary/aromatic N) is 1. The van der Waals surface area contributed by atoms with Crippen molar-refractivity contribution in [1.82, 2.24) is 4.90 Å². The molecule has 0 saturated heterocycles. The maximum atomic E-state index is 12.2. The summed E-state index contributed by atoms with van der Waals surface area (Å²) in [7, 11) is 3.40. The van der Waals surface area contributed by atoms with E-state index in [4.69, 9.17) is 21.1 Å². The molecule has 2 aromatic rings. The Hall–Kier alpha value is -2.53. The van der Waals surface area contributed by atoms with Gasteiger partial charge in [-0.3, -0.25) is 4.79 Å². The van der Waals surface area contributed by atoms with Crippen molar-refractivity contribution in [3.63, 3.8) is 0 Å². The third-order valence-corrected chi connectivity index (χ3v) is 3.77. The summed E-state index contributed by atoms with van der Waals surface area (Å²) >= 11 is 6.15. The Morgan fingerprint density at radius 1 is 1.07 bits per heavy atom. The minimum Gasteiger partial charge on any atom is -0.481 e. The van der Waals surface area contributed by atoms with E-state index in [1.807, 2.05) is 6.07 Å². The van der Waals surface area contributed by atoms with Crippen molar-refractivity contribution in [2.75, 3.05) is 20.7 Å². The molecule has 0 aliphatic rings. The average molecular weight is 390 g/mol. The van der Waals surface area contributed by atoms with Crippen molar-refractivity contribution in [2.24, 2.45) is 0 Å². The molecule has 1 amide bonds. The van der Waals surface area contributed by atoms with Gasteiger partial charge in [-0.2, -0.15) is 0 Å². The Labute approximate surface area is 164 Å². The number of rotatable bonds is 5. The lowest BCUT2D eigenvalue weighted by molar-refractivity contribution is -0.157. The zero-order valence-corrected chi connectivity index (χ0v) is 17.0. The molecule has 0 aliphatic carbocycles. The summed E-state index contributed by atoms with van der Waals surface area (Å²) in [6.07, 6.45) is 0. The van der Waals surface area contributed by atoms with E-state index >= 15 is 0 Å². The number of amides is 1. The van der Waals surface area contributed by atoms with Crippen LogP contribution in [-0.4, -0.2) is 43.1 Å². The Morgan fingerprint density at radius 3 is 2.41 bits per heavy atom. The highest BCUT2D eigenvalue weighted by Crippen LogP contribution is 2.33. The fourth-order valence-corrected chi connectivity index (χ4v) is 2.61. The van der Waals surface area contributed by atoms with E-state index in [0.29, 0.717) is 21.9 Å². The largest absolute Gasteiger partial charge is 0.481 e. The molecule has 144 valence electrons. The molecule has 0 atom stereocenters. The molecule has 0 spiro atoms. The molecule has 5 nitrogen and oxygen atoms in total. The number of carbonyl (C=O) groups is 2. The van der Waals surface area contributed by atoms with Crippen LogP contribution in [0.4, 0.5) is 0 Å². The predicted molar refractivity (Wildman–Crippen MR) is 106 cm³/mol. The van der Waals surface area contributed by atoms with Gasteiger partial charge >= 0.3 is 5.97 Å². The lowest BCUT2D eigenvalue weighted by Crippen LogP contribution is -2.27. The highest BCUT2D eigenvalue weighted by atomic mass is 35.5. The second kappa shape index (κ2) is 8.44. The summed E-state index contributed by atoms with van der Waals surface area (Å²) in [6.45, 7) is 5.17. The molecule has 27 heavy (non-hydrogen) atoms. The van der Waals surface area contributed by atoms with E-state index in [2.05, 4.69) is 0 Å². The average Bonchev–Trinajstić information content (AvgIpc) is 2.58. The summed E-state index contributed by atoms with van der Waals surface area (Å²) in [4.78, 5) is 25.7. The lowest BCUT2D eigenvalue weighted by atomic mass is 10.0. The van der Waals surface area contributed by atoms with Gasteiger partial charge in [-0.05, 0) is 56.7 Å². The standard InChI is InChI=1S/C21H24ClNO4/c1-21(2,3)27-19(24)13-26-18-10-9-16(22)12-17(18)14-7-6-8-15(11-14)20(25)23(4)5/h6-12H,13H2,1-5H3. The molecular formula is C21H24ClNO4. The second-order valence-corrected chi connectivity index (χ2v) is 7.73. The SMILES string of the molecule is CN(C)C(=O)c1cccc(-c2cc(Cl)ccc2OCC(=O)OC(C)(C)C)c1. The van der Waals surface area contributed by atoms with E-state index < -0.39 is 11.6 Å². The van der Waals surface area contributed by atoms with Gasteiger partial charge in [-0.25, -0.2) is 4.79 Å². The number of ether oxygens (including phenoxy) is 2.